The first-order valence-corrected chi connectivity index (χ1v) is 14.9. The van der Waals surface area contributed by atoms with Crippen molar-refractivity contribution < 1.29 is 4.79 Å². The molecule has 9 heteroatoms. The van der Waals surface area contributed by atoms with Gasteiger partial charge in [-0.05, 0) is 88.4 Å². The minimum absolute atomic E-state index is 0.0844. The maximum Gasteiger partial charge on any atom is 0.282 e. The largest absolute Gasteiger partial charge is 0.322 e. The van der Waals surface area contributed by atoms with Crippen LogP contribution in [0.15, 0.2) is 69.0 Å². The van der Waals surface area contributed by atoms with Crippen molar-refractivity contribution in [1.29, 1.82) is 0 Å². The van der Waals surface area contributed by atoms with Gasteiger partial charge in [0.1, 0.15) is 10.8 Å². The van der Waals surface area contributed by atoms with Gasteiger partial charge in [-0.15, -0.1) is 11.3 Å². The number of thiophene rings is 1. The number of benzene rings is 2. The molecule has 1 aliphatic carbocycles. The number of aryl methyl sites for hydroxylation is 3. The van der Waals surface area contributed by atoms with E-state index in [1.165, 1.54) is 9.55 Å². The molecule has 1 amide bonds. The Hall–Kier alpha value is -3.82. The highest BCUT2D eigenvalue weighted by Crippen LogP contribution is 2.39. The number of anilines is 1. The molecule has 3 heterocycles. The summed E-state index contributed by atoms with van der Waals surface area (Å²) in [6.07, 6.45) is 5.83. The minimum atomic E-state index is -0.223. The number of nitrogens with one attached hydrogen (secondary N) is 1. The number of carbonyl (C=O) groups is 1. The normalized spacial score (nSPS) is 13.2. The first kappa shape index (κ1) is 26.4. The Bertz CT molecular complexity index is 1870. The second-order valence-electron chi connectivity index (χ2n) is 10.1. The van der Waals surface area contributed by atoms with Crippen LogP contribution < -0.4 is 10.9 Å². The molecule has 0 saturated heterocycles. The monoisotopic (exact) mass is 613 g/mol. The Kier molecular flexibility index (Phi) is 7.02. The summed E-state index contributed by atoms with van der Waals surface area (Å²) in [4.78, 5) is 32.8. The van der Waals surface area contributed by atoms with Gasteiger partial charge in [0.05, 0.1) is 22.7 Å². The molecule has 0 aliphatic heterocycles. The maximum atomic E-state index is 13.7. The number of carbonyl (C=O) groups excluding carboxylic acids is 1. The van der Waals surface area contributed by atoms with E-state index >= 15 is 0 Å². The van der Waals surface area contributed by atoms with Crippen LogP contribution in [0, 0.1) is 20.8 Å². The van der Waals surface area contributed by atoms with Gasteiger partial charge < -0.3 is 9.88 Å². The lowest BCUT2D eigenvalue weighted by molar-refractivity contribution is 0.102. The Balaban J connectivity index is 1.42. The quantitative estimate of drug-likeness (QED) is 0.218. The highest BCUT2D eigenvalue weighted by molar-refractivity contribution is 9.10. The molecule has 1 N–H and O–H groups in total. The van der Waals surface area contributed by atoms with Gasteiger partial charge >= 0.3 is 0 Å². The van der Waals surface area contributed by atoms with Crippen LogP contribution >= 0.6 is 27.3 Å². The molecule has 202 valence electrons. The molecule has 0 saturated carbocycles. The van der Waals surface area contributed by atoms with Gasteiger partial charge in [0.2, 0.25) is 0 Å². The van der Waals surface area contributed by atoms with Crippen LogP contribution in [0.4, 0.5) is 5.69 Å². The van der Waals surface area contributed by atoms with Gasteiger partial charge in [0, 0.05) is 32.0 Å². The van der Waals surface area contributed by atoms with Crippen LogP contribution in [0.25, 0.3) is 15.9 Å². The third kappa shape index (κ3) is 4.73. The number of halogens is 1. The highest BCUT2D eigenvalue weighted by atomic mass is 79.9. The molecule has 40 heavy (non-hydrogen) atoms. The van der Waals surface area contributed by atoms with E-state index in [1.807, 2.05) is 62.4 Å². The Labute approximate surface area is 244 Å². The summed E-state index contributed by atoms with van der Waals surface area (Å²) in [7, 11) is 0. The molecule has 0 bridgehead atoms. The summed E-state index contributed by atoms with van der Waals surface area (Å²) in [5.74, 6) is 0.426. The number of hydrogen-bond acceptors (Lipinski definition) is 5. The predicted octanol–water partition coefficient (Wildman–Crippen LogP) is 6.95. The first-order chi connectivity index (χ1) is 19.3. The molecule has 7 nitrogen and oxygen atoms in total. The lowest BCUT2D eigenvalue weighted by Gasteiger charge is -2.14. The van der Waals surface area contributed by atoms with E-state index < -0.39 is 0 Å². The van der Waals surface area contributed by atoms with Crippen molar-refractivity contribution in [3.8, 4) is 5.00 Å². The second kappa shape index (κ2) is 10.6. The van der Waals surface area contributed by atoms with Crippen molar-refractivity contribution in [1.82, 2.24) is 14.2 Å². The van der Waals surface area contributed by atoms with E-state index in [0.29, 0.717) is 16.7 Å². The van der Waals surface area contributed by atoms with Crippen molar-refractivity contribution in [3.05, 3.63) is 108 Å². The Morgan fingerprint density at radius 2 is 1.85 bits per heavy atom. The average molecular weight is 615 g/mol. The molecule has 0 radical (unpaired) electrons. The van der Waals surface area contributed by atoms with Crippen LogP contribution in [-0.4, -0.2) is 26.3 Å². The summed E-state index contributed by atoms with van der Waals surface area (Å²) < 4.78 is 4.30. The van der Waals surface area contributed by atoms with E-state index in [4.69, 9.17) is 0 Å². The number of nitrogens with zero attached hydrogens (tertiary/aromatic N) is 4. The summed E-state index contributed by atoms with van der Waals surface area (Å²) in [6, 6.07) is 17.1. The number of hydrogen-bond donors (Lipinski definition) is 1. The van der Waals surface area contributed by atoms with Crippen molar-refractivity contribution in [2.45, 2.75) is 46.5 Å². The van der Waals surface area contributed by atoms with Crippen LogP contribution in [0.5, 0.6) is 0 Å². The molecule has 0 spiro atoms. The topological polar surface area (TPSA) is 81.3 Å². The van der Waals surface area contributed by atoms with Gasteiger partial charge in [0.15, 0.2) is 0 Å². The van der Waals surface area contributed by atoms with Gasteiger partial charge in [-0.2, -0.15) is 9.78 Å². The molecule has 2 aromatic carbocycles. The summed E-state index contributed by atoms with van der Waals surface area (Å²) in [5, 5.41) is 9.09. The zero-order valence-corrected chi connectivity index (χ0v) is 24.9. The van der Waals surface area contributed by atoms with E-state index in [9.17, 15) is 9.59 Å². The lowest BCUT2D eigenvalue weighted by Crippen LogP contribution is -2.20. The summed E-state index contributed by atoms with van der Waals surface area (Å²) >= 11 is 5.14. The zero-order valence-electron chi connectivity index (χ0n) is 22.5. The summed E-state index contributed by atoms with van der Waals surface area (Å²) in [5.41, 5.74) is 5.94. The lowest BCUT2D eigenvalue weighted by atomic mass is 9.95. The fourth-order valence-corrected chi connectivity index (χ4v) is 7.26. The van der Waals surface area contributed by atoms with E-state index in [1.54, 1.807) is 30.5 Å². The maximum absolute atomic E-state index is 13.7. The van der Waals surface area contributed by atoms with Crippen molar-refractivity contribution in [2.75, 3.05) is 5.32 Å². The molecule has 0 fully saturated rings. The third-order valence-corrected chi connectivity index (χ3v) is 9.14. The van der Waals surface area contributed by atoms with Crippen LogP contribution in [0.1, 0.15) is 56.4 Å². The SMILES string of the molecule is Cc1cc(C=Nn2c(C)nc3ccc(Br)cc3c2=O)c(C)n1-c1sc2c(c1C(=O)Nc1ccccc1)CCCC2. The number of fused-ring (bicyclic) bond motifs is 2. The number of amides is 1. The van der Waals surface area contributed by atoms with Crippen molar-refractivity contribution in [3.63, 3.8) is 0 Å². The van der Waals surface area contributed by atoms with Crippen LogP contribution in [0.3, 0.4) is 0 Å². The van der Waals surface area contributed by atoms with Crippen molar-refractivity contribution in [2.24, 2.45) is 5.10 Å². The predicted molar refractivity (Wildman–Crippen MR) is 166 cm³/mol. The standard InChI is InChI=1S/C31H28BrN5O2S/c1-18-15-21(17-33-37-20(3)34-26-14-13-22(32)16-25(26)30(37)39)19(2)36(18)31-28(24-11-7-8-12-27(24)40-31)29(38)35-23-9-5-4-6-10-23/h4-6,9-10,13-17H,7-8,11-12H2,1-3H3,(H,35,38). The highest BCUT2D eigenvalue weighted by Gasteiger charge is 2.28. The molecule has 3 aromatic heterocycles. The first-order valence-electron chi connectivity index (χ1n) is 13.3. The minimum Gasteiger partial charge on any atom is -0.322 e. The summed E-state index contributed by atoms with van der Waals surface area (Å²) in [6.45, 7) is 5.84. The zero-order chi connectivity index (χ0) is 28.0. The van der Waals surface area contributed by atoms with Gasteiger partial charge in [0.25, 0.3) is 11.5 Å². The van der Waals surface area contributed by atoms with E-state index in [-0.39, 0.29) is 11.5 Å². The fraction of sp³-hybridized carbons (Fsp3) is 0.226. The van der Waals surface area contributed by atoms with E-state index in [2.05, 4.69) is 35.9 Å². The average Bonchev–Trinajstić information content (AvgIpc) is 3.45. The smallest absolute Gasteiger partial charge is 0.282 e. The third-order valence-electron chi connectivity index (χ3n) is 7.37. The number of para-hydroxylation sites is 1. The Morgan fingerprint density at radius 3 is 2.65 bits per heavy atom. The van der Waals surface area contributed by atoms with E-state index in [0.717, 1.165) is 68.9 Å². The molecule has 5 aromatic rings. The fourth-order valence-electron chi connectivity index (χ4n) is 5.40. The van der Waals surface area contributed by atoms with Crippen molar-refractivity contribution >= 4 is 56.0 Å². The Morgan fingerprint density at radius 1 is 1.07 bits per heavy atom. The molecule has 0 unspecified atom stereocenters. The van der Waals surface area contributed by atoms with Crippen LogP contribution in [0.2, 0.25) is 0 Å². The molecular weight excluding hydrogens is 586 g/mol. The molecule has 1 aliphatic rings. The number of aromatic nitrogens is 3. The number of rotatable bonds is 5. The molecule has 0 atom stereocenters. The van der Waals surface area contributed by atoms with Gasteiger partial charge in [-0.1, -0.05) is 34.1 Å². The van der Waals surface area contributed by atoms with Crippen LogP contribution in [-0.2, 0) is 12.8 Å². The molecule has 6 rings (SSSR count). The van der Waals surface area contributed by atoms with Gasteiger partial charge in [-0.25, -0.2) is 4.98 Å². The van der Waals surface area contributed by atoms with Gasteiger partial charge in [-0.3, -0.25) is 9.59 Å². The molecular formula is C31H28BrN5O2S. The second-order valence-corrected chi connectivity index (χ2v) is 12.1.